The van der Waals surface area contributed by atoms with Gasteiger partial charge in [-0.3, -0.25) is 9.59 Å². The van der Waals surface area contributed by atoms with Gasteiger partial charge in [0.15, 0.2) is 0 Å². The van der Waals surface area contributed by atoms with Crippen LogP contribution in [-0.2, 0) is 14.3 Å². The van der Waals surface area contributed by atoms with E-state index in [-0.39, 0.29) is 17.4 Å². The average Bonchev–Trinajstić information content (AvgIpc) is 2.51. The molecule has 1 saturated heterocycles. The van der Waals surface area contributed by atoms with Crippen molar-refractivity contribution in [3.05, 3.63) is 0 Å². The quantitative estimate of drug-likeness (QED) is 0.440. The SMILES string of the molecule is CC1(C)C(=O)OC(=O)CC12CCCC2. The second kappa shape index (κ2) is 2.81. The molecule has 0 aromatic heterocycles. The van der Waals surface area contributed by atoms with E-state index in [1.165, 1.54) is 0 Å². The normalized spacial score (nSPS) is 29.3. The van der Waals surface area contributed by atoms with Crippen molar-refractivity contribution in [1.82, 2.24) is 0 Å². The molecule has 0 N–H and O–H groups in total. The number of cyclic esters (lactones) is 2. The van der Waals surface area contributed by atoms with Gasteiger partial charge in [-0.1, -0.05) is 12.8 Å². The highest BCUT2D eigenvalue weighted by Crippen LogP contribution is 2.56. The first-order valence-electron chi connectivity index (χ1n) is 5.23. The first-order valence-corrected chi connectivity index (χ1v) is 5.23. The Morgan fingerprint density at radius 2 is 1.71 bits per heavy atom. The lowest BCUT2D eigenvalue weighted by molar-refractivity contribution is -0.184. The third-order valence-corrected chi connectivity index (χ3v) is 4.09. The second-order valence-corrected chi connectivity index (χ2v) is 5.05. The highest BCUT2D eigenvalue weighted by atomic mass is 16.6. The van der Waals surface area contributed by atoms with Crippen LogP contribution < -0.4 is 0 Å². The van der Waals surface area contributed by atoms with Crippen molar-refractivity contribution in [1.29, 1.82) is 0 Å². The Morgan fingerprint density at radius 1 is 1.14 bits per heavy atom. The van der Waals surface area contributed by atoms with Gasteiger partial charge < -0.3 is 4.74 Å². The zero-order chi connectivity index (χ0) is 10.4. The minimum absolute atomic E-state index is 0.112. The van der Waals surface area contributed by atoms with Gasteiger partial charge in [0, 0.05) is 0 Å². The van der Waals surface area contributed by atoms with Crippen LogP contribution in [0.4, 0.5) is 0 Å². The number of rotatable bonds is 0. The van der Waals surface area contributed by atoms with E-state index < -0.39 is 5.41 Å². The molecule has 78 valence electrons. The minimum Gasteiger partial charge on any atom is -0.393 e. The lowest BCUT2D eigenvalue weighted by atomic mass is 9.61. The largest absolute Gasteiger partial charge is 0.393 e. The predicted octanol–water partition coefficient (Wildman–Crippen LogP) is 2.05. The summed E-state index contributed by atoms with van der Waals surface area (Å²) in [6.45, 7) is 3.82. The van der Waals surface area contributed by atoms with Gasteiger partial charge in [-0.05, 0) is 32.1 Å². The van der Waals surface area contributed by atoms with Crippen LogP contribution in [0, 0.1) is 10.8 Å². The molecule has 0 radical (unpaired) electrons. The van der Waals surface area contributed by atoms with Crippen LogP contribution in [0.25, 0.3) is 0 Å². The maximum absolute atomic E-state index is 11.6. The molecule has 0 bridgehead atoms. The molecule has 1 aliphatic carbocycles. The number of carbonyl (C=O) groups is 2. The summed E-state index contributed by atoms with van der Waals surface area (Å²) in [5.74, 6) is -0.674. The lowest BCUT2D eigenvalue weighted by Crippen LogP contribution is -2.49. The fourth-order valence-corrected chi connectivity index (χ4v) is 2.83. The molecule has 2 fully saturated rings. The molecule has 0 aromatic rings. The molecular weight excluding hydrogens is 180 g/mol. The topological polar surface area (TPSA) is 43.4 Å². The standard InChI is InChI=1S/C11H16O3/c1-10(2)9(13)14-8(12)7-11(10)5-3-4-6-11/h3-7H2,1-2H3. The van der Waals surface area contributed by atoms with Gasteiger partial charge in [-0.25, -0.2) is 0 Å². The molecule has 1 heterocycles. The summed E-state index contributed by atoms with van der Waals surface area (Å²) in [5.41, 5.74) is -0.600. The van der Waals surface area contributed by atoms with Crippen molar-refractivity contribution in [2.45, 2.75) is 46.0 Å². The molecule has 1 saturated carbocycles. The second-order valence-electron chi connectivity index (χ2n) is 5.05. The molecule has 0 aromatic carbocycles. The zero-order valence-electron chi connectivity index (χ0n) is 8.76. The Bertz CT molecular complexity index is 285. The summed E-state index contributed by atoms with van der Waals surface area (Å²) < 4.78 is 4.71. The van der Waals surface area contributed by atoms with Crippen molar-refractivity contribution in [2.24, 2.45) is 10.8 Å². The van der Waals surface area contributed by atoms with E-state index in [0.717, 1.165) is 25.7 Å². The Morgan fingerprint density at radius 3 is 2.29 bits per heavy atom. The molecule has 14 heavy (non-hydrogen) atoms. The first-order chi connectivity index (χ1) is 6.48. The predicted molar refractivity (Wildman–Crippen MR) is 50.4 cm³/mol. The summed E-state index contributed by atoms with van der Waals surface area (Å²) in [5, 5.41) is 0. The van der Waals surface area contributed by atoms with Crippen molar-refractivity contribution in [3.63, 3.8) is 0 Å². The van der Waals surface area contributed by atoms with Gasteiger partial charge >= 0.3 is 11.9 Å². The molecule has 1 spiro atoms. The van der Waals surface area contributed by atoms with Gasteiger partial charge in [0.25, 0.3) is 0 Å². The molecule has 0 amide bonds. The van der Waals surface area contributed by atoms with E-state index in [2.05, 4.69) is 0 Å². The fraction of sp³-hybridized carbons (Fsp3) is 0.818. The van der Waals surface area contributed by atoms with Crippen LogP contribution >= 0.6 is 0 Å². The first kappa shape index (κ1) is 9.69. The average molecular weight is 196 g/mol. The van der Waals surface area contributed by atoms with Crippen LogP contribution in [0.5, 0.6) is 0 Å². The molecule has 0 unspecified atom stereocenters. The monoisotopic (exact) mass is 196 g/mol. The van der Waals surface area contributed by atoms with E-state index in [9.17, 15) is 9.59 Å². The smallest absolute Gasteiger partial charge is 0.319 e. The fourth-order valence-electron chi connectivity index (χ4n) is 2.83. The van der Waals surface area contributed by atoms with Crippen molar-refractivity contribution >= 4 is 11.9 Å². The Labute approximate surface area is 83.8 Å². The van der Waals surface area contributed by atoms with Crippen LogP contribution in [0.15, 0.2) is 0 Å². The van der Waals surface area contributed by atoms with E-state index in [1.54, 1.807) is 0 Å². The van der Waals surface area contributed by atoms with Crippen molar-refractivity contribution in [3.8, 4) is 0 Å². The van der Waals surface area contributed by atoms with Gasteiger partial charge in [0.1, 0.15) is 0 Å². The number of carbonyl (C=O) groups excluding carboxylic acids is 2. The van der Waals surface area contributed by atoms with E-state index in [0.29, 0.717) is 6.42 Å². The molecule has 1 aliphatic heterocycles. The van der Waals surface area contributed by atoms with Crippen LogP contribution in [-0.4, -0.2) is 11.9 Å². The Kier molecular flexibility index (Phi) is 1.95. The van der Waals surface area contributed by atoms with Crippen molar-refractivity contribution < 1.29 is 14.3 Å². The maximum atomic E-state index is 11.6. The third kappa shape index (κ3) is 1.11. The molecule has 3 nitrogen and oxygen atoms in total. The van der Waals surface area contributed by atoms with E-state index in [4.69, 9.17) is 4.74 Å². The summed E-state index contributed by atoms with van der Waals surface area (Å²) >= 11 is 0. The number of hydrogen-bond acceptors (Lipinski definition) is 3. The van der Waals surface area contributed by atoms with E-state index in [1.807, 2.05) is 13.8 Å². The zero-order valence-corrected chi connectivity index (χ0v) is 8.76. The highest BCUT2D eigenvalue weighted by Gasteiger charge is 2.56. The summed E-state index contributed by atoms with van der Waals surface area (Å²) in [7, 11) is 0. The summed E-state index contributed by atoms with van der Waals surface area (Å²) in [4.78, 5) is 22.9. The molecule has 3 heteroatoms. The molecule has 2 aliphatic rings. The van der Waals surface area contributed by atoms with Gasteiger partial charge in [-0.15, -0.1) is 0 Å². The molecule has 2 rings (SSSR count). The van der Waals surface area contributed by atoms with Crippen molar-refractivity contribution in [2.75, 3.05) is 0 Å². The number of hydrogen-bond donors (Lipinski definition) is 0. The highest BCUT2D eigenvalue weighted by molar-refractivity contribution is 5.92. The molecular formula is C11H16O3. The molecule has 0 atom stereocenters. The summed E-state index contributed by atoms with van der Waals surface area (Å²) in [6, 6.07) is 0. The van der Waals surface area contributed by atoms with Gasteiger partial charge in [-0.2, -0.15) is 0 Å². The summed E-state index contributed by atoms with van der Waals surface area (Å²) in [6.07, 6.45) is 4.65. The Balaban J connectivity index is 2.37. The van der Waals surface area contributed by atoms with Crippen LogP contribution in [0.3, 0.4) is 0 Å². The van der Waals surface area contributed by atoms with Gasteiger partial charge in [0.05, 0.1) is 11.8 Å². The van der Waals surface area contributed by atoms with Gasteiger partial charge in [0.2, 0.25) is 0 Å². The third-order valence-electron chi connectivity index (χ3n) is 4.09. The van der Waals surface area contributed by atoms with E-state index >= 15 is 0 Å². The maximum Gasteiger partial charge on any atom is 0.319 e. The minimum atomic E-state index is -0.489. The van der Waals surface area contributed by atoms with Crippen LogP contribution in [0.2, 0.25) is 0 Å². The van der Waals surface area contributed by atoms with Crippen LogP contribution in [0.1, 0.15) is 46.0 Å². The lowest BCUT2D eigenvalue weighted by Gasteiger charge is -2.44. The number of esters is 2. The number of ether oxygens (including phenoxy) is 1. The Hall–Kier alpha value is -0.860.